The van der Waals surface area contributed by atoms with Crippen LogP contribution in [0, 0.1) is 6.92 Å². The number of amides is 1. The van der Waals surface area contributed by atoms with Crippen LogP contribution in [0.15, 0.2) is 22.3 Å². The lowest BCUT2D eigenvalue weighted by molar-refractivity contribution is -0.116. The molecule has 0 spiro atoms. The van der Waals surface area contributed by atoms with Crippen LogP contribution in [0.2, 0.25) is 5.02 Å². The molecule has 0 aliphatic heterocycles. The molecule has 0 radical (unpaired) electrons. The summed E-state index contributed by atoms with van der Waals surface area (Å²) in [4.78, 5) is 23.9. The van der Waals surface area contributed by atoms with E-state index in [1.54, 1.807) is 5.38 Å². The van der Waals surface area contributed by atoms with Crippen molar-refractivity contribution in [2.45, 2.75) is 40.2 Å². The van der Waals surface area contributed by atoms with Crippen LogP contribution in [-0.4, -0.2) is 10.5 Å². The zero-order valence-corrected chi connectivity index (χ0v) is 14.5. The lowest BCUT2D eigenvalue weighted by Crippen LogP contribution is -2.26. The van der Waals surface area contributed by atoms with Crippen molar-refractivity contribution in [1.82, 2.24) is 4.57 Å². The Morgan fingerprint density at radius 3 is 2.59 bits per heavy atom. The number of halogens is 1. The Labute approximate surface area is 138 Å². The third kappa shape index (κ3) is 3.42. The predicted octanol–water partition coefficient (Wildman–Crippen LogP) is 3.64. The van der Waals surface area contributed by atoms with Gasteiger partial charge in [-0.25, -0.2) is 0 Å². The molecule has 4 nitrogen and oxygen atoms in total. The van der Waals surface area contributed by atoms with Gasteiger partial charge >= 0.3 is 4.87 Å². The summed E-state index contributed by atoms with van der Waals surface area (Å²) in [6.45, 7) is 5.88. The molecule has 2 rings (SSSR count). The lowest BCUT2D eigenvalue weighted by atomic mass is 10.0. The number of nitrogens with zero attached hydrogens (tertiary/aromatic N) is 1. The molecule has 2 aromatic rings. The number of hydrogen-bond donors (Lipinski definition) is 1. The molecule has 0 aliphatic rings. The third-order valence-electron chi connectivity index (χ3n) is 3.62. The Hall–Kier alpha value is -1.59. The first-order valence-electron chi connectivity index (χ1n) is 7.22. The Bertz CT molecular complexity index is 749. The van der Waals surface area contributed by atoms with Crippen molar-refractivity contribution in [2.24, 2.45) is 0 Å². The van der Waals surface area contributed by atoms with Gasteiger partial charge in [0.05, 0.1) is 0 Å². The molecule has 6 heteroatoms. The van der Waals surface area contributed by atoms with Gasteiger partial charge in [-0.05, 0) is 37.0 Å². The van der Waals surface area contributed by atoms with Gasteiger partial charge in [-0.3, -0.25) is 14.2 Å². The number of aromatic nitrogens is 1. The summed E-state index contributed by atoms with van der Waals surface area (Å²) in [5.74, 6) is -0.213. The Balaban J connectivity index is 2.28. The minimum Gasteiger partial charge on any atom is -0.324 e. The van der Waals surface area contributed by atoms with Crippen molar-refractivity contribution in [3.63, 3.8) is 0 Å². The summed E-state index contributed by atoms with van der Waals surface area (Å²) in [6, 6.07) is 3.79. The molecular formula is C16H19ClN2O2S. The van der Waals surface area contributed by atoms with Crippen LogP contribution in [0.3, 0.4) is 0 Å². The highest BCUT2D eigenvalue weighted by Crippen LogP contribution is 2.29. The number of carbonyl (C=O) groups excluding carboxylic acids is 1. The summed E-state index contributed by atoms with van der Waals surface area (Å²) in [7, 11) is 0. The fourth-order valence-corrected chi connectivity index (χ4v) is 3.41. The maximum atomic E-state index is 12.3. The molecule has 0 fully saturated rings. The zero-order chi connectivity index (χ0) is 16.3. The highest BCUT2D eigenvalue weighted by Gasteiger charge is 2.14. The predicted molar refractivity (Wildman–Crippen MR) is 92.2 cm³/mol. The van der Waals surface area contributed by atoms with Crippen LogP contribution in [0.5, 0.6) is 0 Å². The highest BCUT2D eigenvalue weighted by molar-refractivity contribution is 7.07. The molecular weight excluding hydrogens is 320 g/mol. The van der Waals surface area contributed by atoms with Gasteiger partial charge < -0.3 is 5.32 Å². The van der Waals surface area contributed by atoms with E-state index < -0.39 is 0 Å². The normalized spacial score (nSPS) is 10.7. The molecule has 1 aromatic heterocycles. The fraction of sp³-hybridized carbons (Fsp3) is 0.375. The average molecular weight is 339 g/mol. The van der Waals surface area contributed by atoms with E-state index in [9.17, 15) is 9.59 Å². The number of benzene rings is 1. The Kier molecular flexibility index (Phi) is 5.42. The van der Waals surface area contributed by atoms with Gasteiger partial charge in [0.1, 0.15) is 6.54 Å². The minimum atomic E-state index is -0.213. The Morgan fingerprint density at radius 1 is 1.32 bits per heavy atom. The van der Waals surface area contributed by atoms with E-state index in [0.717, 1.165) is 46.7 Å². The average Bonchev–Trinajstić information content (AvgIpc) is 2.79. The number of anilines is 1. The quantitative estimate of drug-likeness (QED) is 0.905. The van der Waals surface area contributed by atoms with Crippen molar-refractivity contribution in [2.75, 3.05) is 5.32 Å². The van der Waals surface area contributed by atoms with E-state index in [2.05, 4.69) is 5.32 Å². The molecule has 0 unspecified atom stereocenters. The van der Waals surface area contributed by atoms with Crippen LogP contribution in [0.25, 0.3) is 0 Å². The molecule has 1 aromatic carbocycles. The van der Waals surface area contributed by atoms with Crippen LogP contribution >= 0.6 is 22.9 Å². The molecule has 0 saturated carbocycles. The third-order valence-corrected chi connectivity index (χ3v) is 4.85. The van der Waals surface area contributed by atoms with E-state index in [1.807, 2.05) is 32.9 Å². The molecule has 0 aliphatic carbocycles. The van der Waals surface area contributed by atoms with E-state index >= 15 is 0 Å². The second-order valence-corrected chi connectivity index (χ2v) is 6.27. The maximum Gasteiger partial charge on any atom is 0.307 e. The topological polar surface area (TPSA) is 51.1 Å². The van der Waals surface area contributed by atoms with E-state index in [-0.39, 0.29) is 17.3 Å². The van der Waals surface area contributed by atoms with Gasteiger partial charge in [-0.2, -0.15) is 0 Å². The smallest absolute Gasteiger partial charge is 0.307 e. The first kappa shape index (κ1) is 16.8. The van der Waals surface area contributed by atoms with Gasteiger partial charge in [0.25, 0.3) is 0 Å². The van der Waals surface area contributed by atoms with Gasteiger partial charge in [-0.1, -0.05) is 42.9 Å². The highest BCUT2D eigenvalue weighted by atomic mass is 35.5. The molecule has 1 N–H and O–H groups in total. The van der Waals surface area contributed by atoms with Gasteiger partial charge in [0, 0.05) is 21.8 Å². The zero-order valence-electron chi connectivity index (χ0n) is 12.9. The second kappa shape index (κ2) is 7.11. The van der Waals surface area contributed by atoms with Gasteiger partial charge in [0.15, 0.2) is 0 Å². The van der Waals surface area contributed by atoms with Crippen molar-refractivity contribution in [3.8, 4) is 0 Å². The summed E-state index contributed by atoms with van der Waals surface area (Å²) in [6.07, 6.45) is 1.54. The number of hydrogen-bond acceptors (Lipinski definition) is 3. The SMILES string of the molecule is CCc1ccc(Cl)c(CC)c1NC(=O)Cn1c(C)csc1=O. The number of thiazole rings is 1. The minimum absolute atomic E-state index is 0.0208. The molecule has 1 heterocycles. The summed E-state index contributed by atoms with van der Waals surface area (Å²) < 4.78 is 1.47. The fourth-order valence-electron chi connectivity index (χ4n) is 2.39. The van der Waals surface area contributed by atoms with Gasteiger partial charge in [0.2, 0.25) is 5.91 Å². The first-order chi connectivity index (χ1) is 10.5. The standard InChI is InChI=1S/C16H19ClN2O2S/c1-4-11-6-7-13(17)12(5-2)15(11)18-14(20)8-19-10(3)9-22-16(19)21/h6-7,9H,4-5,8H2,1-3H3,(H,18,20). The van der Waals surface area contributed by atoms with Crippen LogP contribution < -0.4 is 10.2 Å². The van der Waals surface area contributed by atoms with Crippen LogP contribution in [0.4, 0.5) is 5.69 Å². The van der Waals surface area contributed by atoms with Crippen molar-refractivity contribution < 1.29 is 4.79 Å². The number of aryl methyl sites for hydroxylation is 2. The van der Waals surface area contributed by atoms with Crippen molar-refractivity contribution in [1.29, 1.82) is 0 Å². The number of rotatable bonds is 5. The molecule has 22 heavy (non-hydrogen) atoms. The maximum absolute atomic E-state index is 12.3. The number of nitrogens with one attached hydrogen (secondary N) is 1. The summed E-state index contributed by atoms with van der Waals surface area (Å²) >= 11 is 7.33. The second-order valence-electron chi connectivity index (χ2n) is 5.04. The van der Waals surface area contributed by atoms with E-state index in [4.69, 9.17) is 11.6 Å². The monoisotopic (exact) mass is 338 g/mol. The van der Waals surface area contributed by atoms with Crippen molar-refractivity contribution >= 4 is 34.5 Å². The van der Waals surface area contributed by atoms with Gasteiger partial charge in [-0.15, -0.1) is 0 Å². The van der Waals surface area contributed by atoms with Crippen LogP contribution in [0.1, 0.15) is 30.7 Å². The molecule has 118 valence electrons. The molecule has 0 saturated heterocycles. The Morgan fingerprint density at radius 2 is 2.05 bits per heavy atom. The van der Waals surface area contributed by atoms with E-state index in [1.165, 1.54) is 4.57 Å². The molecule has 0 atom stereocenters. The largest absolute Gasteiger partial charge is 0.324 e. The van der Waals surface area contributed by atoms with E-state index in [0.29, 0.717) is 5.02 Å². The molecule has 1 amide bonds. The number of carbonyl (C=O) groups is 1. The molecule has 0 bridgehead atoms. The lowest BCUT2D eigenvalue weighted by Gasteiger charge is -2.16. The van der Waals surface area contributed by atoms with Crippen molar-refractivity contribution in [3.05, 3.63) is 49.0 Å². The van der Waals surface area contributed by atoms with Crippen LogP contribution in [-0.2, 0) is 24.2 Å². The first-order valence-corrected chi connectivity index (χ1v) is 8.48. The summed E-state index contributed by atoms with van der Waals surface area (Å²) in [5, 5.41) is 5.34. The summed E-state index contributed by atoms with van der Waals surface area (Å²) in [5.41, 5.74) is 3.55.